The first kappa shape index (κ1) is 10.9. The molecular formula is C6H13N3O3. The Balaban J connectivity index is 3.54. The van der Waals surface area contributed by atoms with E-state index in [2.05, 4.69) is 10.9 Å². The van der Waals surface area contributed by atoms with Gasteiger partial charge in [0.05, 0.1) is 0 Å². The Morgan fingerprint density at radius 1 is 1.58 bits per heavy atom. The molecule has 0 aliphatic rings. The third-order valence-corrected chi connectivity index (χ3v) is 1.26. The zero-order valence-corrected chi connectivity index (χ0v) is 6.83. The van der Waals surface area contributed by atoms with E-state index in [0.717, 1.165) is 0 Å². The fourth-order valence-corrected chi connectivity index (χ4v) is 0.612. The maximum Gasteiger partial charge on any atom is 0.320 e. The van der Waals surface area contributed by atoms with E-state index in [0.29, 0.717) is 0 Å². The van der Waals surface area contributed by atoms with Crippen molar-refractivity contribution in [2.24, 2.45) is 5.73 Å². The molecule has 70 valence electrons. The Kier molecular flexibility index (Phi) is 4.98. The molecule has 0 fully saturated rings. The van der Waals surface area contributed by atoms with Crippen molar-refractivity contribution in [3.05, 3.63) is 0 Å². The molecule has 0 aliphatic carbocycles. The molecular weight excluding hydrogens is 162 g/mol. The van der Waals surface area contributed by atoms with E-state index in [1.54, 1.807) is 7.05 Å². The number of nitrogens with two attached hydrogens (primary N) is 1. The van der Waals surface area contributed by atoms with Gasteiger partial charge in [-0.3, -0.25) is 15.0 Å². The average molecular weight is 175 g/mol. The second-order valence-electron chi connectivity index (χ2n) is 2.28. The number of carboxylic acids is 1. The molecule has 0 aromatic rings. The highest BCUT2D eigenvalue weighted by Crippen LogP contribution is 1.93. The van der Waals surface area contributed by atoms with Gasteiger partial charge in [0.15, 0.2) is 0 Å². The minimum Gasteiger partial charge on any atom is -0.480 e. The summed E-state index contributed by atoms with van der Waals surface area (Å²) in [5.74, 6) is -1.36. The van der Waals surface area contributed by atoms with Crippen molar-refractivity contribution in [1.29, 1.82) is 0 Å². The van der Waals surface area contributed by atoms with Gasteiger partial charge in [-0.1, -0.05) is 0 Å². The zero-order chi connectivity index (χ0) is 9.56. The summed E-state index contributed by atoms with van der Waals surface area (Å²) >= 11 is 0. The van der Waals surface area contributed by atoms with Crippen LogP contribution >= 0.6 is 0 Å². The first-order valence-corrected chi connectivity index (χ1v) is 3.52. The number of amides is 1. The number of rotatable bonds is 5. The number of aliphatic carboxylic acids is 1. The first-order valence-electron chi connectivity index (χ1n) is 3.52. The number of nitrogens with one attached hydrogen (secondary N) is 2. The minimum absolute atomic E-state index is 0.105. The predicted octanol–water partition coefficient (Wildman–Crippen LogP) is -1.57. The van der Waals surface area contributed by atoms with Crippen molar-refractivity contribution in [2.45, 2.75) is 18.9 Å². The molecule has 0 aromatic carbocycles. The summed E-state index contributed by atoms with van der Waals surface area (Å²) in [6.07, 6.45) is 0.247. The van der Waals surface area contributed by atoms with Gasteiger partial charge in [0.2, 0.25) is 5.91 Å². The molecule has 0 aliphatic heterocycles. The van der Waals surface area contributed by atoms with E-state index in [4.69, 9.17) is 10.8 Å². The topological polar surface area (TPSA) is 104 Å². The van der Waals surface area contributed by atoms with E-state index in [-0.39, 0.29) is 18.7 Å². The second kappa shape index (κ2) is 5.50. The van der Waals surface area contributed by atoms with Crippen LogP contribution in [0.5, 0.6) is 0 Å². The summed E-state index contributed by atoms with van der Waals surface area (Å²) in [7, 11) is 1.55. The van der Waals surface area contributed by atoms with E-state index in [9.17, 15) is 9.59 Å². The lowest BCUT2D eigenvalue weighted by atomic mass is 10.2. The van der Waals surface area contributed by atoms with Crippen LogP contribution in [0.2, 0.25) is 0 Å². The average Bonchev–Trinajstić information content (AvgIpc) is 2.00. The van der Waals surface area contributed by atoms with Crippen LogP contribution in [-0.2, 0) is 9.59 Å². The van der Waals surface area contributed by atoms with E-state index in [1.165, 1.54) is 0 Å². The molecule has 6 nitrogen and oxygen atoms in total. The second-order valence-corrected chi connectivity index (χ2v) is 2.28. The molecule has 0 heterocycles. The monoisotopic (exact) mass is 175 g/mol. The van der Waals surface area contributed by atoms with Crippen molar-refractivity contribution < 1.29 is 14.7 Å². The maximum absolute atomic E-state index is 10.7. The van der Waals surface area contributed by atoms with E-state index >= 15 is 0 Å². The molecule has 5 N–H and O–H groups in total. The normalized spacial score (nSPS) is 12.2. The van der Waals surface area contributed by atoms with Gasteiger partial charge in [-0.05, 0) is 6.42 Å². The Bertz CT molecular complexity index is 171. The molecule has 0 saturated carbocycles. The van der Waals surface area contributed by atoms with Crippen LogP contribution in [0.4, 0.5) is 0 Å². The summed E-state index contributed by atoms with van der Waals surface area (Å²) in [4.78, 5) is 20.9. The predicted molar refractivity (Wildman–Crippen MR) is 42.0 cm³/mol. The highest BCUT2D eigenvalue weighted by molar-refractivity contribution is 5.77. The number of hydrazine groups is 1. The van der Waals surface area contributed by atoms with Gasteiger partial charge in [0.1, 0.15) is 6.04 Å². The molecule has 0 radical (unpaired) electrons. The number of hydrogen-bond donors (Lipinski definition) is 4. The Hall–Kier alpha value is -1.14. The maximum atomic E-state index is 10.7. The minimum atomic E-state index is -1.09. The standard InChI is InChI=1S/C6H13N3O3/c1-8-9-5(10)3-2-4(7)6(11)12/h4,8H,2-3,7H2,1H3,(H,9,10)(H,11,12)/t4-/m0/s1. The fraction of sp³-hybridized carbons (Fsp3) is 0.667. The van der Waals surface area contributed by atoms with Crippen LogP contribution in [0.1, 0.15) is 12.8 Å². The number of carbonyl (C=O) groups excluding carboxylic acids is 1. The summed E-state index contributed by atoms with van der Waals surface area (Å²) in [6, 6.07) is -0.965. The largest absolute Gasteiger partial charge is 0.480 e. The molecule has 0 unspecified atom stereocenters. The van der Waals surface area contributed by atoms with Crippen LogP contribution in [0.15, 0.2) is 0 Å². The molecule has 0 rings (SSSR count). The van der Waals surface area contributed by atoms with Crippen molar-refractivity contribution in [3.8, 4) is 0 Å². The van der Waals surface area contributed by atoms with Crippen LogP contribution in [0.25, 0.3) is 0 Å². The Labute approximate surface area is 70.1 Å². The van der Waals surface area contributed by atoms with Crippen molar-refractivity contribution >= 4 is 11.9 Å². The van der Waals surface area contributed by atoms with Gasteiger partial charge < -0.3 is 10.8 Å². The summed E-state index contributed by atoms with van der Waals surface area (Å²) in [5.41, 5.74) is 9.90. The number of hydrogen-bond acceptors (Lipinski definition) is 4. The van der Waals surface area contributed by atoms with E-state index < -0.39 is 12.0 Å². The van der Waals surface area contributed by atoms with Crippen LogP contribution in [0, 0.1) is 0 Å². The van der Waals surface area contributed by atoms with Gasteiger partial charge in [-0.15, -0.1) is 0 Å². The number of carbonyl (C=O) groups is 2. The molecule has 6 heteroatoms. The molecule has 0 saturated heterocycles. The summed E-state index contributed by atoms with van der Waals surface area (Å²) in [5, 5.41) is 8.35. The SMILES string of the molecule is CNNC(=O)CC[C@H](N)C(=O)O. The summed E-state index contributed by atoms with van der Waals surface area (Å²) in [6.45, 7) is 0. The van der Waals surface area contributed by atoms with Gasteiger partial charge in [0, 0.05) is 13.5 Å². The lowest BCUT2D eigenvalue weighted by Gasteiger charge is -2.05. The van der Waals surface area contributed by atoms with Crippen LogP contribution in [0.3, 0.4) is 0 Å². The van der Waals surface area contributed by atoms with Gasteiger partial charge in [0.25, 0.3) is 0 Å². The third-order valence-electron chi connectivity index (χ3n) is 1.26. The molecule has 0 spiro atoms. The van der Waals surface area contributed by atoms with Gasteiger partial charge >= 0.3 is 5.97 Å². The quantitative estimate of drug-likeness (QED) is 0.378. The Morgan fingerprint density at radius 3 is 2.58 bits per heavy atom. The van der Waals surface area contributed by atoms with Crippen LogP contribution < -0.4 is 16.6 Å². The van der Waals surface area contributed by atoms with E-state index in [1.807, 2.05) is 0 Å². The zero-order valence-electron chi connectivity index (χ0n) is 6.83. The lowest BCUT2D eigenvalue weighted by Crippen LogP contribution is -2.36. The fourth-order valence-electron chi connectivity index (χ4n) is 0.612. The highest BCUT2D eigenvalue weighted by Gasteiger charge is 2.12. The van der Waals surface area contributed by atoms with Crippen LogP contribution in [-0.4, -0.2) is 30.1 Å². The van der Waals surface area contributed by atoms with Gasteiger partial charge in [-0.25, -0.2) is 5.43 Å². The highest BCUT2D eigenvalue weighted by atomic mass is 16.4. The van der Waals surface area contributed by atoms with Crippen molar-refractivity contribution in [1.82, 2.24) is 10.9 Å². The summed E-state index contributed by atoms with van der Waals surface area (Å²) < 4.78 is 0. The molecule has 0 aromatic heterocycles. The van der Waals surface area contributed by atoms with Gasteiger partial charge in [-0.2, -0.15) is 0 Å². The third kappa shape index (κ3) is 4.64. The number of carboxylic acid groups (broad SMARTS) is 1. The van der Waals surface area contributed by atoms with Crippen molar-refractivity contribution in [3.63, 3.8) is 0 Å². The Morgan fingerprint density at radius 2 is 2.17 bits per heavy atom. The molecule has 12 heavy (non-hydrogen) atoms. The first-order chi connectivity index (χ1) is 5.57. The smallest absolute Gasteiger partial charge is 0.320 e. The molecule has 1 amide bonds. The molecule has 1 atom stereocenters. The van der Waals surface area contributed by atoms with Crippen molar-refractivity contribution in [2.75, 3.05) is 7.05 Å². The molecule has 0 bridgehead atoms. The lowest BCUT2D eigenvalue weighted by molar-refractivity contribution is -0.138.